The van der Waals surface area contributed by atoms with Crippen molar-refractivity contribution in [1.29, 1.82) is 0 Å². The minimum absolute atomic E-state index is 0.151. The van der Waals surface area contributed by atoms with Crippen LogP contribution in [0.25, 0.3) is 0 Å². The number of rotatable bonds is 7. The maximum Gasteiger partial charge on any atom is 0.122 e. The monoisotopic (exact) mass is 362 g/mol. The van der Waals surface area contributed by atoms with Crippen LogP contribution in [0.1, 0.15) is 45.1 Å². The van der Waals surface area contributed by atoms with E-state index in [9.17, 15) is 0 Å². The van der Waals surface area contributed by atoms with Crippen LogP contribution >= 0.6 is 22.6 Å². The van der Waals surface area contributed by atoms with Crippen LogP contribution in [-0.4, -0.2) is 19.8 Å². The molecule has 18 heavy (non-hydrogen) atoms. The molecule has 0 N–H and O–H groups in total. The molecular formula is C15H23IO2. The van der Waals surface area contributed by atoms with Crippen molar-refractivity contribution in [3.63, 3.8) is 0 Å². The van der Waals surface area contributed by atoms with Crippen molar-refractivity contribution >= 4 is 22.6 Å². The fourth-order valence-corrected chi connectivity index (χ4v) is 2.53. The quantitative estimate of drug-likeness (QED) is 0.660. The van der Waals surface area contributed by atoms with Gasteiger partial charge in [0.25, 0.3) is 0 Å². The molecule has 0 radical (unpaired) electrons. The van der Waals surface area contributed by atoms with Crippen LogP contribution < -0.4 is 4.74 Å². The van der Waals surface area contributed by atoms with Crippen LogP contribution in [0.5, 0.6) is 5.75 Å². The van der Waals surface area contributed by atoms with E-state index in [-0.39, 0.29) is 6.10 Å². The van der Waals surface area contributed by atoms with Gasteiger partial charge in [-0.15, -0.1) is 0 Å². The SMILES string of the molecule is CCCC(COC)Oc1cc(I)cc(C(C)C)c1. The fraction of sp³-hybridized carbons (Fsp3) is 0.600. The lowest BCUT2D eigenvalue weighted by molar-refractivity contribution is 0.0752. The Morgan fingerprint density at radius 2 is 1.94 bits per heavy atom. The Kier molecular flexibility index (Phi) is 7.00. The lowest BCUT2D eigenvalue weighted by atomic mass is 10.0. The van der Waals surface area contributed by atoms with Crippen molar-refractivity contribution in [3.05, 3.63) is 27.3 Å². The van der Waals surface area contributed by atoms with Crippen LogP contribution in [0.3, 0.4) is 0 Å². The van der Waals surface area contributed by atoms with Crippen molar-refractivity contribution in [2.45, 2.75) is 45.6 Å². The molecule has 1 aromatic carbocycles. The van der Waals surface area contributed by atoms with Gasteiger partial charge in [-0.2, -0.15) is 0 Å². The first kappa shape index (κ1) is 15.8. The Balaban J connectivity index is 2.81. The Morgan fingerprint density at radius 3 is 2.50 bits per heavy atom. The van der Waals surface area contributed by atoms with Crippen LogP contribution in [0.2, 0.25) is 0 Å². The normalized spacial score (nSPS) is 12.8. The van der Waals surface area contributed by atoms with Gasteiger partial charge in [0.2, 0.25) is 0 Å². The number of benzene rings is 1. The number of ether oxygens (including phenoxy) is 2. The lowest BCUT2D eigenvalue weighted by Gasteiger charge is -2.19. The highest BCUT2D eigenvalue weighted by molar-refractivity contribution is 14.1. The molecule has 0 aliphatic carbocycles. The zero-order valence-corrected chi connectivity index (χ0v) is 13.9. The fourth-order valence-electron chi connectivity index (χ4n) is 1.86. The van der Waals surface area contributed by atoms with Crippen molar-refractivity contribution < 1.29 is 9.47 Å². The maximum atomic E-state index is 6.04. The molecule has 0 bridgehead atoms. The zero-order chi connectivity index (χ0) is 13.5. The average molecular weight is 362 g/mol. The van der Waals surface area contributed by atoms with Crippen LogP contribution in [-0.2, 0) is 4.74 Å². The highest BCUT2D eigenvalue weighted by Crippen LogP contribution is 2.25. The topological polar surface area (TPSA) is 18.5 Å². The molecule has 0 fully saturated rings. The molecule has 0 amide bonds. The van der Waals surface area contributed by atoms with Gasteiger partial charge in [-0.05, 0) is 58.7 Å². The Bertz CT molecular complexity index is 358. The van der Waals surface area contributed by atoms with Gasteiger partial charge >= 0.3 is 0 Å². The molecule has 102 valence electrons. The third kappa shape index (κ3) is 5.14. The van der Waals surface area contributed by atoms with Gasteiger partial charge in [0.15, 0.2) is 0 Å². The summed E-state index contributed by atoms with van der Waals surface area (Å²) in [6.07, 6.45) is 2.28. The Hall–Kier alpha value is -0.290. The third-order valence-electron chi connectivity index (χ3n) is 2.83. The summed E-state index contributed by atoms with van der Waals surface area (Å²) in [5.74, 6) is 1.48. The Labute approximate surface area is 124 Å². The molecule has 1 aromatic rings. The van der Waals surface area contributed by atoms with Gasteiger partial charge in [-0.25, -0.2) is 0 Å². The predicted molar refractivity (Wildman–Crippen MR) is 84.4 cm³/mol. The summed E-state index contributed by atoms with van der Waals surface area (Å²) in [4.78, 5) is 0. The molecule has 2 nitrogen and oxygen atoms in total. The molecule has 3 heteroatoms. The van der Waals surface area contributed by atoms with E-state index in [0.29, 0.717) is 12.5 Å². The van der Waals surface area contributed by atoms with Gasteiger partial charge in [0.05, 0.1) is 6.61 Å². The number of hydrogen-bond acceptors (Lipinski definition) is 2. The second kappa shape index (κ2) is 8.00. The maximum absolute atomic E-state index is 6.04. The van der Waals surface area contributed by atoms with Crippen molar-refractivity contribution in [1.82, 2.24) is 0 Å². The number of halogens is 1. The highest BCUT2D eigenvalue weighted by Gasteiger charge is 2.11. The van der Waals surface area contributed by atoms with Gasteiger partial charge in [0, 0.05) is 10.7 Å². The largest absolute Gasteiger partial charge is 0.488 e. The molecule has 0 aliphatic heterocycles. The number of methoxy groups -OCH3 is 1. The van der Waals surface area contributed by atoms with Crippen LogP contribution in [0.15, 0.2) is 18.2 Å². The summed E-state index contributed by atoms with van der Waals surface area (Å²) in [6, 6.07) is 6.44. The molecule has 0 aromatic heterocycles. The van der Waals surface area contributed by atoms with Crippen molar-refractivity contribution in [2.24, 2.45) is 0 Å². The van der Waals surface area contributed by atoms with E-state index >= 15 is 0 Å². The standard InChI is InChI=1S/C15H23IO2/c1-5-6-14(10-17-4)18-15-8-12(11(2)3)7-13(16)9-15/h7-9,11,14H,5-6,10H2,1-4H3. The molecule has 1 unspecified atom stereocenters. The lowest BCUT2D eigenvalue weighted by Crippen LogP contribution is -2.22. The zero-order valence-electron chi connectivity index (χ0n) is 11.7. The summed E-state index contributed by atoms with van der Waals surface area (Å²) in [6.45, 7) is 7.22. The van der Waals surface area contributed by atoms with Gasteiger partial charge in [0.1, 0.15) is 11.9 Å². The smallest absolute Gasteiger partial charge is 0.122 e. The first-order valence-corrected chi connectivity index (χ1v) is 7.60. The summed E-state index contributed by atoms with van der Waals surface area (Å²) in [5, 5.41) is 0. The first-order chi connectivity index (χ1) is 8.56. The summed E-state index contributed by atoms with van der Waals surface area (Å²) >= 11 is 2.34. The molecule has 0 heterocycles. The summed E-state index contributed by atoms with van der Waals surface area (Å²) < 4.78 is 12.5. The Morgan fingerprint density at radius 1 is 1.22 bits per heavy atom. The van der Waals surface area contributed by atoms with Crippen molar-refractivity contribution in [2.75, 3.05) is 13.7 Å². The minimum Gasteiger partial charge on any atom is -0.488 e. The molecule has 0 spiro atoms. The average Bonchev–Trinajstić information content (AvgIpc) is 2.28. The molecule has 0 aliphatic rings. The molecule has 0 saturated carbocycles. The van der Waals surface area contributed by atoms with E-state index in [1.807, 2.05) is 0 Å². The summed E-state index contributed by atoms with van der Waals surface area (Å²) in [7, 11) is 1.72. The van der Waals surface area contributed by atoms with Crippen LogP contribution in [0.4, 0.5) is 0 Å². The molecule has 0 saturated heterocycles. The van der Waals surface area contributed by atoms with Gasteiger partial charge in [-0.3, -0.25) is 0 Å². The van der Waals surface area contributed by atoms with E-state index in [1.165, 1.54) is 9.13 Å². The second-order valence-electron chi connectivity index (χ2n) is 4.86. The minimum atomic E-state index is 0.151. The molecule has 1 rings (SSSR count). The second-order valence-corrected chi connectivity index (χ2v) is 6.10. The van der Waals surface area contributed by atoms with Gasteiger partial charge < -0.3 is 9.47 Å². The predicted octanol–water partition coefficient (Wildman–Crippen LogP) is 4.61. The van der Waals surface area contributed by atoms with E-state index < -0.39 is 0 Å². The highest BCUT2D eigenvalue weighted by atomic mass is 127. The van der Waals surface area contributed by atoms with E-state index in [1.54, 1.807) is 7.11 Å². The third-order valence-corrected chi connectivity index (χ3v) is 3.45. The molecular weight excluding hydrogens is 339 g/mol. The summed E-state index contributed by atoms with van der Waals surface area (Å²) in [5.41, 5.74) is 1.32. The first-order valence-electron chi connectivity index (χ1n) is 6.52. The number of hydrogen-bond donors (Lipinski definition) is 0. The van der Waals surface area contributed by atoms with Crippen molar-refractivity contribution in [3.8, 4) is 5.75 Å². The van der Waals surface area contributed by atoms with E-state index in [4.69, 9.17) is 9.47 Å². The molecule has 1 atom stereocenters. The van der Waals surface area contributed by atoms with E-state index in [2.05, 4.69) is 61.6 Å². The van der Waals surface area contributed by atoms with Gasteiger partial charge in [-0.1, -0.05) is 27.2 Å². The van der Waals surface area contributed by atoms with E-state index in [0.717, 1.165) is 18.6 Å². The van der Waals surface area contributed by atoms with Crippen LogP contribution in [0, 0.1) is 3.57 Å².